The summed E-state index contributed by atoms with van der Waals surface area (Å²) in [7, 11) is -1.78. The van der Waals surface area contributed by atoms with Crippen LogP contribution in [-0.4, -0.2) is 54.7 Å². The maximum absolute atomic E-state index is 14.4. The molecule has 0 spiro atoms. The number of benzene rings is 2. The maximum Gasteiger partial charge on any atom is 0.229 e. The molecule has 38 heavy (non-hydrogen) atoms. The highest BCUT2D eigenvalue weighted by Gasteiger charge is 2.54. The highest BCUT2D eigenvalue weighted by molar-refractivity contribution is 7.90. The molecule has 204 valence electrons. The smallest absolute Gasteiger partial charge is 0.229 e. The lowest BCUT2D eigenvalue weighted by atomic mass is 9.67. The molecule has 2 saturated carbocycles. The number of carbonyl (C=O) groups is 2. The van der Waals surface area contributed by atoms with Gasteiger partial charge >= 0.3 is 0 Å². The zero-order valence-corrected chi connectivity index (χ0v) is 24.1. The Bertz CT molecular complexity index is 1310. The van der Waals surface area contributed by atoms with Gasteiger partial charge in [-0.15, -0.1) is 0 Å². The van der Waals surface area contributed by atoms with Gasteiger partial charge in [-0.25, -0.2) is 12.7 Å². The van der Waals surface area contributed by atoms with E-state index in [0.29, 0.717) is 29.3 Å². The standard InChI is InChI=1S/C29H34Cl2N2O4S/c1-29(14-15-34)17-25(21-4-3-5-23(31)16-21)27(20-8-10-22(30)11-9-20)33(28(29)35)26(19-6-7-19)18-32(2)38(36,37)24-12-13-24/h3-5,8-11,15-16,19,24-27H,6-7,12-14,17-18H2,1-2H3. The van der Waals surface area contributed by atoms with E-state index >= 15 is 0 Å². The molecule has 9 heteroatoms. The first-order chi connectivity index (χ1) is 18.0. The fraction of sp³-hybridized carbons (Fsp3) is 0.517. The highest BCUT2D eigenvalue weighted by atomic mass is 35.5. The Morgan fingerprint density at radius 3 is 2.32 bits per heavy atom. The van der Waals surface area contributed by atoms with E-state index in [1.54, 1.807) is 7.05 Å². The van der Waals surface area contributed by atoms with Gasteiger partial charge in [-0.2, -0.15) is 0 Å². The molecule has 3 fully saturated rings. The second kappa shape index (κ2) is 10.6. The minimum absolute atomic E-state index is 0.0976. The number of hydrogen-bond donors (Lipinski definition) is 0. The Morgan fingerprint density at radius 2 is 1.74 bits per heavy atom. The molecule has 4 atom stereocenters. The average Bonchev–Trinajstić information content (AvgIpc) is 3.78. The summed E-state index contributed by atoms with van der Waals surface area (Å²) in [4.78, 5) is 28.2. The topological polar surface area (TPSA) is 74.8 Å². The lowest BCUT2D eigenvalue weighted by Gasteiger charge is -2.52. The first kappa shape index (κ1) is 27.6. The van der Waals surface area contributed by atoms with Crippen molar-refractivity contribution in [3.8, 4) is 0 Å². The van der Waals surface area contributed by atoms with E-state index in [0.717, 1.165) is 30.3 Å². The first-order valence-corrected chi connectivity index (χ1v) is 15.5. The molecule has 1 amide bonds. The van der Waals surface area contributed by atoms with Gasteiger partial charge in [0, 0.05) is 42.0 Å². The fourth-order valence-corrected chi connectivity index (χ4v) is 7.98. The van der Waals surface area contributed by atoms with Gasteiger partial charge in [-0.3, -0.25) is 4.79 Å². The van der Waals surface area contributed by atoms with Crippen molar-refractivity contribution in [2.45, 2.75) is 68.7 Å². The molecule has 2 aromatic rings. The number of likely N-dealkylation sites (tertiary alicyclic amines) is 1. The van der Waals surface area contributed by atoms with Crippen LogP contribution in [0.4, 0.5) is 0 Å². The quantitative estimate of drug-likeness (QED) is 0.332. The van der Waals surface area contributed by atoms with Gasteiger partial charge in [-0.1, -0.05) is 54.4 Å². The van der Waals surface area contributed by atoms with Crippen LogP contribution < -0.4 is 0 Å². The summed E-state index contributed by atoms with van der Waals surface area (Å²) in [5.41, 5.74) is 0.999. The van der Waals surface area contributed by atoms with E-state index in [4.69, 9.17) is 23.2 Å². The summed E-state index contributed by atoms with van der Waals surface area (Å²) < 4.78 is 27.7. The van der Waals surface area contributed by atoms with Crippen molar-refractivity contribution < 1.29 is 18.0 Å². The van der Waals surface area contributed by atoms with E-state index in [1.165, 1.54) is 4.31 Å². The second-order valence-corrected chi connectivity index (χ2v) is 14.6. The monoisotopic (exact) mass is 576 g/mol. The third kappa shape index (κ3) is 5.40. The number of amides is 1. The number of hydrogen-bond acceptors (Lipinski definition) is 4. The fourth-order valence-electron chi connectivity index (χ4n) is 6.05. The molecule has 1 aliphatic heterocycles. The summed E-state index contributed by atoms with van der Waals surface area (Å²) in [5, 5.41) is 0.879. The van der Waals surface area contributed by atoms with Gasteiger partial charge in [0.2, 0.25) is 15.9 Å². The summed E-state index contributed by atoms with van der Waals surface area (Å²) in [6.45, 7) is 2.10. The number of rotatable bonds is 10. The van der Waals surface area contributed by atoms with Gasteiger partial charge in [0.15, 0.2) is 0 Å². The molecule has 0 aromatic heterocycles. The summed E-state index contributed by atoms with van der Waals surface area (Å²) in [6.07, 6.45) is 4.64. The lowest BCUT2D eigenvalue weighted by molar-refractivity contribution is -0.157. The number of aldehydes is 1. The van der Waals surface area contributed by atoms with Gasteiger partial charge in [0.1, 0.15) is 6.29 Å². The third-order valence-corrected chi connectivity index (χ3v) is 11.3. The molecular weight excluding hydrogens is 543 g/mol. The molecule has 3 aliphatic rings. The molecule has 0 bridgehead atoms. The SMILES string of the molecule is CN(CC(C1CC1)N1C(=O)C(C)(CC=O)CC(c2cccc(Cl)c2)C1c1ccc(Cl)cc1)S(=O)(=O)C1CC1. The molecule has 6 nitrogen and oxygen atoms in total. The largest absolute Gasteiger partial charge is 0.330 e. The average molecular weight is 578 g/mol. The van der Waals surface area contributed by atoms with Gasteiger partial charge in [0.05, 0.1) is 16.7 Å². The second-order valence-electron chi connectivity index (χ2n) is 11.4. The third-order valence-electron chi connectivity index (χ3n) is 8.47. The van der Waals surface area contributed by atoms with E-state index in [2.05, 4.69) is 0 Å². The van der Waals surface area contributed by atoms with E-state index in [1.807, 2.05) is 60.4 Å². The van der Waals surface area contributed by atoms with Crippen molar-refractivity contribution in [1.29, 1.82) is 0 Å². The molecule has 1 saturated heterocycles. The molecule has 0 radical (unpaired) electrons. The molecule has 1 heterocycles. The number of carbonyl (C=O) groups excluding carboxylic acids is 2. The molecular formula is C29H34Cl2N2O4S. The number of likely N-dealkylation sites (N-methyl/N-ethyl adjacent to an activating group) is 1. The predicted molar refractivity (Wildman–Crippen MR) is 150 cm³/mol. The number of nitrogens with zero attached hydrogens (tertiary/aromatic N) is 2. The Morgan fingerprint density at radius 1 is 1.05 bits per heavy atom. The van der Waals surface area contributed by atoms with Crippen molar-refractivity contribution in [3.63, 3.8) is 0 Å². The van der Waals surface area contributed by atoms with Crippen molar-refractivity contribution in [1.82, 2.24) is 9.21 Å². The van der Waals surface area contributed by atoms with E-state index in [-0.39, 0.29) is 48.0 Å². The zero-order valence-electron chi connectivity index (χ0n) is 21.7. The van der Waals surface area contributed by atoms with Crippen LogP contribution in [0.15, 0.2) is 48.5 Å². The predicted octanol–water partition coefficient (Wildman–Crippen LogP) is 5.85. The van der Waals surface area contributed by atoms with Crippen LogP contribution in [0.1, 0.15) is 68.5 Å². The maximum atomic E-state index is 14.4. The summed E-state index contributed by atoms with van der Waals surface area (Å²) in [5.74, 6) is -0.0507. The van der Waals surface area contributed by atoms with Gasteiger partial charge in [-0.05, 0) is 73.4 Å². The van der Waals surface area contributed by atoms with Crippen LogP contribution in [-0.2, 0) is 19.6 Å². The molecule has 5 rings (SSSR count). The Balaban J connectivity index is 1.64. The van der Waals surface area contributed by atoms with Crippen LogP contribution in [0.5, 0.6) is 0 Å². The number of halogens is 2. The summed E-state index contributed by atoms with van der Waals surface area (Å²) in [6, 6.07) is 14.5. The van der Waals surface area contributed by atoms with Crippen LogP contribution in [0.3, 0.4) is 0 Å². The van der Waals surface area contributed by atoms with Gasteiger partial charge in [0.25, 0.3) is 0 Å². The van der Waals surface area contributed by atoms with Crippen LogP contribution >= 0.6 is 23.2 Å². The number of piperidine rings is 1. The van der Waals surface area contributed by atoms with E-state index in [9.17, 15) is 18.0 Å². The Hall–Kier alpha value is -1.93. The summed E-state index contributed by atoms with van der Waals surface area (Å²) >= 11 is 12.7. The highest BCUT2D eigenvalue weighted by Crippen LogP contribution is 2.54. The van der Waals surface area contributed by atoms with Crippen LogP contribution in [0.2, 0.25) is 10.0 Å². The molecule has 2 aliphatic carbocycles. The Kier molecular flexibility index (Phi) is 7.68. The first-order valence-electron chi connectivity index (χ1n) is 13.3. The molecule has 4 unspecified atom stereocenters. The Labute approximate surface area is 235 Å². The normalized spacial score (nSPS) is 27.0. The van der Waals surface area contributed by atoms with Crippen LogP contribution in [0, 0.1) is 11.3 Å². The van der Waals surface area contributed by atoms with Crippen molar-refractivity contribution in [3.05, 3.63) is 69.7 Å². The van der Waals surface area contributed by atoms with Crippen molar-refractivity contribution in [2.75, 3.05) is 13.6 Å². The zero-order chi connectivity index (χ0) is 27.2. The van der Waals surface area contributed by atoms with Crippen LogP contribution in [0.25, 0.3) is 0 Å². The molecule has 0 N–H and O–H groups in total. The lowest BCUT2D eigenvalue weighted by Crippen LogP contribution is -2.59. The minimum atomic E-state index is -3.42. The number of sulfonamides is 1. The van der Waals surface area contributed by atoms with Crippen molar-refractivity contribution >= 4 is 45.4 Å². The van der Waals surface area contributed by atoms with E-state index < -0.39 is 15.4 Å². The van der Waals surface area contributed by atoms with Gasteiger partial charge < -0.3 is 9.69 Å². The molecule has 2 aromatic carbocycles. The van der Waals surface area contributed by atoms with Crippen molar-refractivity contribution in [2.24, 2.45) is 11.3 Å². The minimum Gasteiger partial charge on any atom is -0.330 e.